The average Bonchev–Trinajstić information content (AvgIpc) is 3.15. The highest BCUT2D eigenvalue weighted by Gasteiger charge is 2.30. The number of nitrogens with one attached hydrogen (secondary N) is 2. The van der Waals surface area contributed by atoms with Crippen molar-refractivity contribution in [3.8, 4) is 0 Å². The lowest BCUT2D eigenvalue weighted by atomic mass is 10.3. The van der Waals surface area contributed by atoms with Crippen LogP contribution in [-0.2, 0) is 19.6 Å². The van der Waals surface area contributed by atoms with Crippen LogP contribution in [0.25, 0.3) is 11.1 Å². The molecule has 0 aliphatic carbocycles. The summed E-state index contributed by atoms with van der Waals surface area (Å²) in [7, 11) is -3.90. The summed E-state index contributed by atoms with van der Waals surface area (Å²) in [4.78, 5) is 38.2. The number of oxazole rings is 1. The molecule has 2 N–H and O–H groups in total. The summed E-state index contributed by atoms with van der Waals surface area (Å²) >= 11 is 0. The second kappa shape index (κ2) is 6.09. The number of anilines is 2. The van der Waals surface area contributed by atoms with Gasteiger partial charge in [0.05, 0.1) is 21.8 Å². The van der Waals surface area contributed by atoms with Crippen molar-refractivity contribution in [3.63, 3.8) is 0 Å². The highest BCUT2D eigenvalue weighted by atomic mass is 32.2. The van der Waals surface area contributed by atoms with Gasteiger partial charge in [-0.25, -0.2) is 13.2 Å². The van der Waals surface area contributed by atoms with E-state index in [-0.39, 0.29) is 35.2 Å². The highest BCUT2D eigenvalue weighted by Crippen LogP contribution is 2.25. The van der Waals surface area contributed by atoms with Gasteiger partial charge in [-0.2, -0.15) is 0 Å². The number of amides is 2. The Bertz CT molecular complexity index is 1210. The molecule has 0 spiro atoms. The Labute approximate surface area is 152 Å². The summed E-state index contributed by atoms with van der Waals surface area (Å²) in [6.07, 6.45) is 0.304. The quantitative estimate of drug-likeness (QED) is 0.654. The molecule has 3 aromatic rings. The number of hydrogen-bond donors (Lipinski definition) is 2. The van der Waals surface area contributed by atoms with Gasteiger partial charge < -0.3 is 4.42 Å². The third-order valence-electron chi connectivity index (χ3n) is 4.13. The number of benzene rings is 2. The number of fused-ring (bicyclic) bond motifs is 1. The lowest BCUT2D eigenvalue weighted by molar-refractivity contribution is -0.121. The zero-order valence-electron chi connectivity index (χ0n) is 13.8. The first-order chi connectivity index (χ1) is 12.8. The van der Waals surface area contributed by atoms with E-state index in [0.717, 1.165) is 4.90 Å². The van der Waals surface area contributed by atoms with Gasteiger partial charge in [0, 0.05) is 12.8 Å². The number of H-pyrrole nitrogens is 1. The molecule has 0 unspecified atom stereocenters. The summed E-state index contributed by atoms with van der Waals surface area (Å²) in [6, 6.07) is 9.82. The van der Waals surface area contributed by atoms with Crippen molar-refractivity contribution in [2.75, 3.05) is 9.62 Å². The molecule has 1 aliphatic rings. The van der Waals surface area contributed by atoms with Crippen molar-refractivity contribution in [1.29, 1.82) is 0 Å². The van der Waals surface area contributed by atoms with Crippen LogP contribution in [0.5, 0.6) is 0 Å². The van der Waals surface area contributed by atoms with Gasteiger partial charge in [0.2, 0.25) is 11.8 Å². The smallest absolute Gasteiger partial charge is 0.408 e. The predicted octanol–water partition coefficient (Wildman–Crippen LogP) is 1.58. The fourth-order valence-electron chi connectivity index (χ4n) is 2.87. The van der Waals surface area contributed by atoms with Crippen LogP contribution in [0.1, 0.15) is 12.8 Å². The van der Waals surface area contributed by atoms with Crippen molar-refractivity contribution in [2.45, 2.75) is 17.7 Å². The number of carbonyl (C=O) groups excluding carboxylic acids is 2. The van der Waals surface area contributed by atoms with Crippen LogP contribution in [0, 0.1) is 0 Å². The van der Waals surface area contributed by atoms with E-state index in [1.165, 1.54) is 42.5 Å². The Kier molecular flexibility index (Phi) is 3.84. The van der Waals surface area contributed by atoms with Crippen molar-refractivity contribution in [1.82, 2.24) is 4.98 Å². The molecule has 0 radical (unpaired) electrons. The third-order valence-corrected chi connectivity index (χ3v) is 5.53. The maximum Gasteiger partial charge on any atom is 0.417 e. The Hall–Kier alpha value is -3.40. The van der Waals surface area contributed by atoms with Gasteiger partial charge in [-0.3, -0.25) is 24.2 Å². The van der Waals surface area contributed by atoms with E-state index in [0.29, 0.717) is 16.8 Å². The molecule has 4 rings (SSSR count). The Morgan fingerprint density at radius 3 is 2.30 bits per heavy atom. The fraction of sp³-hybridized carbons (Fsp3) is 0.118. The molecule has 0 saturated carbocycles. The van der Waals surface area contributed by atoms with Gasteiger partial charge in [-0.15, -0.1) is 0 Å². The minimum absolute atomic E-state index is 0.0360. The van der Waals surface area contributed by atoms with Gasteiger partial charge in [0.15, 0.2) is 5.58 Å². The molecular formula is C17H13N3O6S. The van der Waals surface area contributed by atoms with E-state index in [2.05, 4.69) is 9.71 Å². The van der Waals surface area contributed by atoms with E-state index < -0.39 is 15.8 Å². The second-order valence-electron chi connectivity index (χ2n) is 5.95. The first kappa shape index (κ1) is 17.0. The second-order valence-corrected chi connectivity index (χ2v) is 7.63. The Morgan fingerprint density at radius 2 is 1.63 bits per heavy atom. The summed E-state index contributed by atoms with van der Waals surface area (Å²) in [5.41, 5.74) is 1.25. The van der Waals surface area contributed by atoms with Crippen LogP contribution < -0.4 is 15.4 Å². The normalized spacial score (nSPS) is 14.9. The molecule has 1 aromatic heterocycles. The van der Waals surface area contributed by atoms with Crippen molar-refractivity contribution in [2.24, 2.45) is 0 Å². The first-order valence-electron chi connectivity index (χ1n) is 7.95. The van der Waals surface area contributed by atoms with Crippen LogP contribution in [0.2, 0.25) is 0 Å². The molecule has 1 saturated heterocycles. The van der Waals surface area contributed by atoms with Crippen LogP contribution >= 0.6 is 0 Å². The zero-order valence-corrected chi connectivity index (χ0v) is 14.6. The average molecular weight is 387 g/mol. The van der Waals surface area contributed by atoms with E-state index in [4.69, 9.17) is 4.42 Å². The summed E-state index contributed by atoms with van der Waals surface area (Å²) in [6.45, 7) is 0. The SMILES string of the molecule is O=C1CCC(=O)N1c1ccc(S(=O)(=O)Nc2ccc3oc(=O)[nH]c3c2)cc1. The fourth-order valence-corrected chi connectivity index (χ4v) is 3.92. The molecule has 10 heteroatoms. The molecule has 1 fully saturated rings. The minimum atomic E-state index is -3.90. The number of sulfonamides is 1. The number of aromatic nitrogens is 1. The molecule has 2 amide bonds. The van der Waals surface area contributed by atoms with Crippen LogP contribution in [0.15, 0.2) is 56.6 Å². The van der Waals surface area contributed by atoms with E-state index in [1.54, 1.807) is 0 Å². The van der Waals surface area contributed by atoms with Gasteiger partial charge in [0.1, 0.15) is 0 Å². The third kappa shape index (κ3) is 3.10. The highest BCUT2D eigenvalue weighted by molar-refractivity contribution is 7.92. The lowest BCUT2D eigenvalue weighted by Gasteiger charge is -2.14. The number of hydrogen-bond acceptors (Lipinski definition) is 6. The van der Waals surface area contributed by atoms with Crippen molar-refractivity contribution >= 4 is 44.3 Å². The number of carbonyl (C=O) groups is 2. The largest absolute Gasteiger partial charge is 0.417 e. The van der Waals surface area contributed by atoms with Gasteiger partial charge in [0.25, 0.3) is 10.0 Å². The minimum Gasteiger partial charge on any atom is -0.408 e. The van der Waals surface area contributed by atoms with Gasteiger partial charge >= 0.3 is 5.76 Å². The van der Waals surface area contributed by atoms with Gasteiger partial charge in [-0.05, 0) is 42.5 Å². The molecule has 27 heavy (non-hydrogen) atoms. The molecule has 138 valence electrons. The lowest BCUT2D eigenvalue weighted by Crippen LogP contribution is -2.28. The standard InChI is InChI=1S/C17H13N3O6S/c21-15-7-8-16(22)20(15)11-2-4-12(5-3-11)27(24,25)19-10-1-6-14-13(9-10)18-17(23)26-14/h1-6,9,19H,7-8H2,(H,18,23). The number of aromatic amines is 1. The molecule has 1 aliphatic heterocycles. The van der Waals surface area contributed by atoms with Crippen molar-refractivity contribution < 1.29 is 22.4 Å². The van der Waals surface area contributed by atoms with Crippen LogP contribution in [0.3, 0.4) is 0 Å². The van der Waals surface area contributed by atoms with Gasteiger partial charge in [-0.1, -0.05) is 0 Å². The van der Waals surface area contributed by atoms with Crippen LogP contribution in [0.4, 0.5) is 11.4 Å². The maximum atomic E-state index is 12.6. The predicted molar refractivity (Wildman–Crippen MR) is 95.8 cm³/mol. The molecule has 0 bridgehead atoms. The summed E-state index contributed by atoms with van der Waals surface area (Å²) in [5, 5.41) is 0. The van der Waals surface area contributed by atoms with Crippen LogP contribution in [-0.4, -0.2) is 25.2 Å². The van der Waals surface area contributed by atoms with E-state index >= 15 is 0 Å². The van der Waals surface area contributed by atoms with Crippen molar-refractivity contribution in [3.05, 3.63) is 53.0 Å². The monoisotopic (exact) mass is 387 g/mol. The zero-order chi connectivity index (χ0) is 19.2. The number of rotatable bonds is 4. The van der Waals surface area contributed by atoms with E-state index in [1.807, 2.05) is 0 Å². The number of imide groups is 1. The molecule has 2 aromatic carbocycles. The Morgan fingerprint density at radius 1 is 0.963 bits per heavy atom. The van der Waals surface area contributed by atoms with E-state index in [9.17, 15) is 22.8 Å². The first-order valence-corrected chi connectivity index (χ1v) is 9.43. The Balaban J connectivity index is 1.60. The maximum absolute atomic E-state index is 12.6. The molecule has 9 nitrogen and oxygen atoms in total. The summed E-state index contributed by atoms with van der Waals surface area (Å²) < 4.78 is 32.4. The molecule has 0 atom stereocenters. The number of nitrogens with zero attached hydrogens (tertiary/aromatic N) is 1. The topological polar surface area (TPSA) is 130 Å². The molecule has 2 heterocycles. The summed E-state index contributed by atoms with van der Waals surface area (Å²) in [5.74, 6) is -1.25. The molecular weight excluding hydrogens is 374 g/mol.